The lowest BCUT2D eigenvalue weighted by Gasteiger charge is -2.34. The van der Waals surface area contributed by atoms with Crippen molar-refractivity contribution in [2.75, 3.05) is 37.6 Å². The molecule has 5 nitrogen and oxygen atoms in total. The number of nitriles is 2. The molecule has 0 aromatic carbocycles. The summed E-state index contributed by atoms with van der Waals surface area (Å²) in [6, 6.07) is 5.80. The lowest BCUT2D eigenvalue weighted by Crippen LogP contribution is -2.46. The van der Waals surface area contributed by atoms with E-state index in [1.165, 1.54) is 0 Å². The quantitative estimate of drug-likeness (QED) is 0.750. The Bertz CT molecular complexity index is 508. The Morgan fingerprint density at radius 2 is 2.00 bits per heavy atom. The van der Waals surface area contributed by atoms with Crippen LogP contribution in [-0.2, 0) is 0 Å². The van der Waals surface area contributed by atoms with E-state index in [1.54, 1.807) is 12.3 Å². The summed E-state index contributed by atoms with van der Waals surface area (Å²) < 4.78 is 0. The first kappa shape index (κ1) is 12.6. The van der Waals surface area contributed by atoms with E-state index in [2.05, 4.69) is 26.9 Å². The summed E-state index contributed by atoms with van der Waals surface area (Å²) >= 11 is 6.15. The highest BCUT2D eigenvalue weighted by atomic mass is 35.5. The molecule has 18 heavy (non-hydrogen) atoms. The highest BCUT2D eigenvalue weighted by Gasteiger charge is 2.20. The summed E-state index contributed by atoms with van der Waals surface area (Å²) in [4.78, 5) is 8.38. The smallest absolute Gasteiger partial charge is 0.148 e. The molecule has 6 heteroatoms. The van der Waals surface area contributed by atoms with Crippen molar-refractivity contribution < 1.29 is 0 Å². The SMILES string of the molecule is N#CCN1CCN(c2nccc(C#N)c2Cl)CC1. The molecule has 1 aromatic heterocycles. The standard InChI is InChI=1S/C12H12ClN5/c13-11-10(9-15)1-3-16-12(11)18-7-5-17(4-2-14)6-8-18/h1,3H,4-8H2. The van der Waals surface area contributed by atoms with E-state index < -0.39 is 0 Å². The van der Waals surface area contributed by atoms with Crippen molar-refractivity contribution in [3.63, 3.8) is 0 Å². The minimum atomic E-state index is 0.411. The van der Waals surface area contributed by atoms with Gasteiger partial charge in [0.15, 0.2) is 0 Å². The summed E-state index contributed by atoms with van der Waals surface area (Å²) in [5.41, 5.74) is 0.445. The predicted octanol–water partition coefficient (Wildman–Crippen LogP) is 1.25. The minimum absolute atomic E-state index is 0.411. The van der Waals surface area contributed by atoms with Gasteiger partial charge in [0, 0.05) is 32.4 Å². The van der Waals surface area contributed by atoms with Crippen LogP contribution >= 0.6 is 11.6 Å². The second kappa shape index (κ2) is 5.68. The van der Waals surface area contributed by atoms with E-state index in [0.717, 1.165) is 26.2 Å². The zero-order chi connectivity index (χ0) is 13.0. The van der Waals surface area contributed by atoms with Crippen LogP contribution in [-0.4, -0.2) is 42.6 Å². The monoisotopic (exact) mass is 261 g/mol. The first-order valence-electron chi connectivity index (χ1n) is 5.65. The Kier molecular flexibility index (Phi) is 3.99. The maximum absolute atomic E-state index is 8.93. The summed E-state index contributed by atoms with van der Waals surface area (Å²) in [7, 11) is 0. The van der Waals surface area contributed by atoms with E-state index in [1.807, 2.05) is 0 Å². The van der Waals surface area contributed by atoms with Gasteiger partial charge in [-0.25, -0.2) is 4.98 Å². The van der Waals surface area contributed by atoms with E-state index in [9.17, 15) is 0 Å². The van der Waals surface area contributed by atoms with Gasteiger partial charge in [-0.05, 0) is 6.07 Å². The molecule has 1 aliphatic heterocycles. The van der Waals surface area contributed by atoms with Crippen molar-refractivity contribution in [1.82, 2.24) is 9.88 Å². The van der Waals surface area contributed by atoms with Gasteiger partial charge in [0.25, 0.3) is 0 Å². The molecule has 2 heterocycles. The molecule has 0 spiro atoms. The predicted molar refractivity (Wildman–Crippen MR) is 68.2 cm³/mol. The number of nitrogens with zero attached hydrogens (tertiary/aromatic N) is 5. The van der Waals surface area contributed by atoms with Gasteiger partial charge in [-0.3, -0.25) is 4.90 Å². The van der Waals surface area contributed by atoms with Gasteiger partial charge in [0.05, 0.1) is 18.2 Å². The molecule has 0 radical (unpaired) electrons. The number of anilines is 1. The Labute approximate surface area is 111 Å². The van der Waals surface area contributed by atoms with E-state index >= 15 is 0 Å². The molecule has 0 amide bonds. The van der Waals surface area contributed by atoms with E-state index in [0.29, 0.717) is 22.9 Å². The van der Waals surface area contributed by atoms with Crippen LogP contribution in [0.15, 0.2) is 12.3 Å². The fourth-order valence-corrected chi connectivity index (χ4v) is 2.23. The molecule has 0 bridgehead atoms. The Morgan fingerprint density at radius 3 is 2.61 bits per heavy atom. The normalized spacial score (nSPS) is 16.1. The average molecular weight is 262 g/mol. The van der Waals surface area contributed by atoms with Gasteiger partial charge >= 0.3 is 0 Å². The number of hydrogen-bond donors (Lipinski definition) is 0. The number of hydrogen-bond acceptors (Lipinski definition) is 5. The molecular weight excluding hydrogens is 250 g/mol. The minimum Gasteiger partial charge on any atom is -0.353 e. The number of halogens is 1. The van der Waals surface area contributed by atoms with Gasteiger partial charge in [0.2, 0.25) is 0 Å². The Balaban J connectivity index is 2.11. The van der Waals surface area contributed by atoms with Crippen molar-refractivity contribution in [3.8, 4) is 12.1 Å². The highest BCUT2D eigenvalue weighted by molar-refractivity contribution is 6.34. The second-order valence-electron chi connectivity index (χ2n) is 4.03. The molecule has 92 valence electrons. The second-order valence-corrected chi connectivity index (χ2v) is 4.41. The lowest BCUT2D eigenvalue weighted by molar-refractivity contribution is 0.286. The maximum Gasteiger partial charge on any atom is 0.148 e. The summed E-state index contributed by atoms with van der Waals surface area (Å²) in [5.74, 6) is 0.660. The summed E-state index contributed by atoms with van der Waals surface area (Å²) in [6.45, 7) is 3.60. The lowest BCUT2D eigenvalue weighted by atomic mass is 10.2. The van der Waals surface area contributed by atoms with Gasteiger partial charge < -0.3 is 4.90 Å². The van der Waals surface area contributed by atoms with Crippen molar-refractivity contribution in [1.29, 1.82) is 10.5 Å². The topological polar surface area (TPSA) is 67.0 Å². The molecule has 1 saturated heterocycles. The fourth-order valence-electron chi connectivity index (χ4n) is 1.96. The van der Waals surface area contributed by atoms with Crippen LogP contribution in [0.3, 0.4) is 0 Å². The van der Waals surface area contributed by atoms with E-state index in [4.69, 9.17) is 22.1 Å². The first-order valence-corrected chi connectivity index (χ1v) is 6.03. The number of rotatable bonds is 2. The third-order valence-electron chi connectivity index (χ3n) is 2.96. The zero-order valence-electron chi connectivity index (χ0n) is 9.80. The van der Waals surface area contributed by atoms with Crippen molar-refractivity contribution in [2.24, 2.45) is 0 Å². The van der Waals surface area contributed by atoms with Crippen molar-refractivity contribution >= 4 is 17.4 Å². The summed E-state index contributed by atoms with van der Waals surface area (Å²) in [5, 5.41) is 18.0. The number of piperazine rings is 1. The van der Waals surface area contributed by atoms with Gasteiger partial charge in [-0.2, -0.15) is 10.5 Å². The molecule has 0 aliphatic carbocycles. The number of pyridine rings is 1. The van der Waals surface area contributed by atoms with Crippen LogP contribution in [0.5, 0.6) is 0 Å². The van der Waals surface area contributed by atoms with Crippen molar-refractivity contribution in [2.45, 2.75) is 0 Å². The molecular formula is C12H12ClN5. The van der Waals surface area contributed by atoms with Crippen molar-refractivity contribution in [3.05, 3.63) is 22.8 Å². The van der Waals surface area contributed by atoms with Gasteiger partial charge in [-0.15, -0.1) is 0 Å². The Hall–Kier alpha value is -1.82. The van der Waals surface area contributed by atoms with Crippen LogP contribution in [0.2, 0.25) is 5.02 Å². The Morgan fingerprint density at radius 1 is 1.28 bits per heavy atom. The van der Waals surface area contributed by atoms with Crippen LogP contribution in [0, 0.1) is 22.7 Å². The molecule has 1 aliphatic rings. The van der Waals surface area contributed by atoms with Crippen LogP contribution in [0.25, 0.3) is 0 Å². The average Bonchev–Trinajstić information content (AvgIpc) is 2.41. The largest absolute Gasteiger partial charge is 0.353 e. The van der Waals surface area contributed by atoms with Gasteiger partial charge in [0.1, 0.15) is 16.9 Å². The van der Waals surface area contributed by atoms with Crippen LogP contribution in [0.1, 0.15) is 5.56 Å². The molecule has 1 aromatic rings. The van der Waals surface area contributed by atoms with Crippen LogP contribution < -0.4 is 4.90 Å². The van der Waals surface area contributed by atoms with E-state index in [-0.39, 0.29) is 0 Å². The summed E-state index contributed by atoms with van der Waals surface area (Å²) in [6.07, 6.45) is 1.60. The van der Waals surface area contributed by atoms with Crippen LogP contribution in [0.4, 0.5) is 5.82 Å². The maximum atomic E-state index is 8.93. The number of aromatic nitrogens is 1. The molecule has 0 saturated carbocycles. The molecule has 0 atom stereocenters. The third kappa shape index (κ3) is 2.53. The van der Waals surface area contributed by atoms with Gasteiger partial charge in [-0.1, -0.05) is 11.6 Å². The molecule has 1 fully saturated rings. The third-order valence-corrected chi connectivity index (χ3v) is 3.33. The molecule has 0 unspecified atom stereocenters. The highest BCUT2D eigenvalue weighted by Crippen LogP contribution is 2.26. The first-order chi connectivity index (χ1) is 8.76. The zero-order valence-corrected chi connectivity index (χ0v) is 10.6. The molecule has 0 N–H and O–H groups in total. The molecule has 2 rings (SSSR count). The fraction of sp³-hybridized carbons (Fsp3) is 0.417.